The van der Waals surface area contributed by atoms with E-state index in [1.807, 2.05) is 41.5 Å². The van der Waals surface area contributed by atoms with Gasteiger partial charge in [-0.1, -0.05) is 0 Å². The van der Waals surface area contributed by atoms with Gasteiger partial charge in [0.1, 0.15) is 11.2 Å². The zero-order valence-corrected chi connectivity index (χ0v) is 15.5. The van der Waals surface area contributed by atoms with E-state index in [2.05, 4.69) is 0 Å². The number of likely N-dealkylation sites (tertiary alicyclic amines) is 1. The fourth-order valence-corrected chi connectivity index (χ4v) is 2.31. The van der Waals surface area contributed by atoms with Crippen LogP contribution in [0.5, 0.6) is 0 Å². The maximum Gasteiger partial charge on any atom is 0.410 e. The van der Waals surface area contributed by atoms with Crippen LogP contribution >= 0.6 is 0 Å². The lowest BCUT2D eigenvalue weighted by Crippen LogP contribution is -2.47. The Balaban J connectivity index is 2.75. The molecule has 1 fully saturated rings. The summed E-state index contributed by atoms with van der Waals surface area (Å²) in [4.78, 5) is 27.5. The molecule has 1 aliphatic rings. The monoisotopic (exact) mass is 330 g/mol. The molecule has 0 saturated carbocycles. The van der Waals surface area contributed by atoms with E-state index in [9.17, 15) is 9.59 Å². The van der Waals surface area contributed by atoms with Crippen LogP contribution in [0, 0.1) is 0 Å². The molecule has 1 saturated heterocycles. The summed E-state index contributed by atoms with van der Waals surface area (Å²) in [6.45, 7) is 11.6. The Morgan fingerprint density at radius 1 is 1.00 bits per heavy atom. The molecule has 0 aromatic heterocycles. The van der Waals surface area contributed by atoms with E-state index in [1.54, 1.807) is 19.1 Å². The van der Waals surface area contributed by atoms with Gasteiger partial charge in [0.2, 0.25) is 0 Å². The van der Waals surface area contributed by atoms with E-state index in [-0.39, 0.29) is 12.1 Å². The molecule has 7 heteroatoms. The fraction of sp³-hybridized carbons (Fsp3) is 0.875. The van der Waals surface area contributed by atoms with Gasteiger partial charge in [0.25, 0.3) is 0 Å². The number of hydrogen-bond donors (Lipinski definition) is 0. The summed E-state index contributed by atoms with van der Waals surface area (Å²) in [6, 6.07) is -0.276. The predicted octanol–water partition coefficient (Wildman–Crippen LogP) is 2.49. The Morgan fingerprint density at radius 2 is 1.52 bits per heavy atom. The highest BCUT2D eigenvalue weighted by Crippen LogP contribution is 2.22. The minimum Gasteiger partial charge on any atom is -0.444 e. The van der Waals surface area contributed by atoms with Crippen LogP contribution in [0.3, 0.4) is 0 Å². The van der Waals surface area contributed by atoms with E-state index >= 15 is 0 Å². The van der Waals surface area contributed by atoms with Crippen LogP contribution in [-0.4, -0.2) is 72.6 Å². The number of rotatable bonds is 2. The molecule has 0 aromatic rings. The van der Waals surface area contributed by atoms with Crippen LogP contribution in [0.15, 0.2) is 0 Å². The smallest absolute Gasteiger partial charge is 0.410 e. The Kier molecular flexibility index (Phi) is 5.90. The van der Waals surface area contributed by atoms with Crippen LogP contribution in [0.4, 0.5) is 9.59 Å². The lowest BCUT2D eigenvalue weighted by atomic mass is 10.2. The number of carbonyl (C=O) groups is 2. The minimum atomic E-state index is -0.572. The molecule has 2 amide bonds. The summed E-state index contributed by atoms with van der Waals surface area (Å²) in [5.74, 6) is 0. The number of methoxy groups -OCH3 is 1. The summed E-state index contributed by atoms with van der Waals surface area (Å²) >= 11 is 0. The molecule has 0 bridgehead atoms. The first-order valence-electron chi connectivity index (χ1n) is 7.80. The average molecular weight is 330 g/mol. The van der Waals surface area contributed by atoms with E-state index < -0.39 is 23.4 Å². The first-order valence-corrected chi connectivity index (χ1v) is 7.80. The largest absolute Gasteiger partial charge is 0.444 e. The van der Waals surface area contributed by atoms with E-state index in [0.29, 0.717) is 13.1 Å². The van der Waals surface area contributed by atoms with Gasteiger partial charge in [-0.15, -0.1) is 0 Å². The van der Waals surface area contributed by atoms with Gasteiger partial charge in [-0.25, -0.2) is 9.59 Å². The maximum atomic E-state index is 12.2. The van der Waals surface area contributed by atoms with Crippen LogP contribution in [0.1, 0.15) is 41.5 Å². The number of likely N-dealkylation sites (N-methyl/N-ethyl adjacent to an activating group) is 1. The maximum absolute atomic E-state index is 12.2. The van der Waals surface area contributed by atoms with Crippen molar-refractivity contribution in [1.29, 1.82) is 0 Å². The van der Waals surface area contributed by atoms with Crippen molar-refractivity contribution in [2.24, 2.45) is 0 Å². The zero-order chi connectivity index (χ0) is 18.0. The summed E-state index contributed by atoms with van der Waals surface area (Å²) in [7, 11) is 3.22. The average Bonchev–Trinajstić information content (AvgIpc) is 2.77. The number of hydrogen-bond acceptors (Lipinski definition) is 5. The second-order valence-electron chi connectivity index (χ2n) is 7.82. The van der Waals surface area contributed by atoms with Gasteiger partial charge in [0, 0.05) is 20.7 Å². The molecule has 0 unspecified atom stereocenters. The van der Waals surface area contributed by atoms with Gasteiger partial charge < -0.3 is 24.0 Å². The fourth-order valence-electron chi connectivity index (χ4n) is 2.31. The third-order valence-corrected chi connectivity index (χ3v) is 3.37. The third kappa shape index (κ3) is 5.89. The molecular weight excluding hydrogens is 300 g/mol. The lowest BCUT2D eigenvalue weighted by Gasteiger charge is -2.30. The van der Waals surface area contributed by atoms with Crippen molar-refractivity contribution in [2.45, 2.75) is 64.9 Å². The number of amides is 2. The van der Waals surface area contributed by atoms with Gasteiger partial charge in [-0.2, -0.15) is 0 Å². The van der Waals surface area contributed by atoms with Crippen molar-refractivity contribution in [1.82, 2.24) is 9.80 Å². The van der Waals surface area contributed by atoms with Gasteiger partial charge in [0.15, 0.2) is 0 Å². The molecule has 0 N–H and O–H groups in total. The molecule has 23 heavy (non-hydrogen) atoms. The van der Waals surface area contributed by atoms with Crippen LogP contribution in [0.25, 0.3) is 0 Å². The normalized spacial score (nSPS) is 22.0. The molecule has 0 spiro atoms. The Hall–Kier alpha value is -1.50. The van der Waals surface area contributed by atoms with Crippen molar-refractivity contribution < 1.29 is 23.8 Å². The van der Waals surface area contributed by atoms with Crippen molar-refractivity contribution >= 4 is 12.2 Å². The topological polar surface area (TPSA) is 68.3 Å². The van der Waals surface area contributed by atoms with Crippen molar-refractivity contribution in [3.63, 3.8) is 0 Å². The second kappa shape index (κ2) is 6.95. The Labute approximate surface area is 138 Å². The van der Waals surface area contributed by atoms with Crippen LogP contribution < -0.4 is 0 Å². The minimum absolute atomic E-state index is 0.276. The van der Waals surface area contributed by atoms with Crippen LogP contribution in [-0.2, 0) is 14.2 Å². The summed E-state index contributed by atoms with van der Waals surface area (Å²) < 4.78 is 16.2. The highest BCUT2D eigenvalue weighted by Gasteiger charge is 2.41. The van der Waals surface area contributed by atoms with Gasteiger partial charge >= 0.3 is 12.2 Å². The SMILES string of the molecule is CO[C@@H]1CN(C(=O)OC(C)(C)C)C[C@@H]1N(C)C(=O)OC(C)(C)C. The highest BCUT2D eigenvalue weighted by atomic mass is 16.6. The summed E-state index contributed by atoms with van der Waals surface area (Å²) in [6.07, 6.45) is -1.12. The molecular formula is C16H30N2O5. The zero-order valence-electron chi connectivity index (χ0n) is 15.5. The molecule has 7 nitrogen and oxygen atoms in total. The number of carbonyl (C=O) groups excluding carboxylic acids is 2. The molecule has 2 atom stereocenters. The van der Waals surface area contributed by atoms with E-state index in [0.717, 1.165) is 0 Å². The molecule has 0 radical (unpaired) electrons. The standard InChI is InChI=1S/C16H30N2O5/c1-15(2,3)22-13(19)17(7)11-9-18(10-12(11)21-8)14(20)23-16(4,5)6/h11-12H,9-10H2,1-8H3/t11-,12+/m0/s1. The number of nitrogens with zero attached hydrogens (tertiary/aromatic N) is 2. The predicted molar refractivity (Wildman–Crippen MR) is 86.4 cm³/mol. The van der Waals surface area contributed by atoms with Crippen molar-refractivity contribution in [3.05, 3.63) is 0 Å². The van der Waals surface area contributed by atoms with Crippen molar-refractivity contribution in [3.8, 4) is 0 Å². The third-order valence-electron chi connectivity index (χ3n) is 3.37. The van der Waals surface area contributed by atoms with Crippen molar-refractivity contribution in [2.75, 3.05) is 27.2 Å². The first kappa shape index (κ1) is 19.5. The summed E-state index contributed by atoms with van der Waals surface area (Å²) in [5.41, 5.74) is -1.13. The highest BCUT2D eigenvalue weighted by molar-refractivity contribution is 5.70. The molecule has 134 valence electrons. The molecule has 1 aliphatic heterocycles. The molecule has 1 heterocycles. The molecule has 0 aliphatic carbocycles. The van der Waals surface area contributed by atoms with Gasteiger partial charge in [0.05, 0.1) is 18.7 Å². The van der Waals surface area contributed by atoms with Gasteiger partial charge in [-0.3, -0.25) is 0 Å². The summed E-state index contributed by atoms with van der Waals surface area (Å²) in [5, 5.41) is 0. The van der Waals surface area contributed by atoms with E-state index in [1.165, 1.54) is 4.90 Å². The second-order valence-corrected chi connectivity index (χ2v) is 7.82. The Bertz CT molecular complexity index is 439. The van der Waals surface area contributed by atoms with Crippen LogP contribution in [0.2, 0.25) is 0 Å². The first-order chi connectivity index (χ1) is 10.3. The van der Waals surface area contributed by atoms with Gasteiger partial charge in [-0.05, 0) is 41.5 Å². The molecule has 0 aromatic carbocycles. The molecule has 1 rings (SSSR count). The van der Waals surface area contributed by atoms with E-state index in [4.69, 9.17) is 14.2 Å². The quantitative estimate of drug-likeness (QED) is 0.778. The lowest BCUT2D eigenvalue weighted by molar-refractivity contribution is 0.00378. The Morgan fingerprint density at radius 3 is 1.96 bits per heavy atom. The number of ether oxygens (including phenoxy) is 3.